The number of nitrogens with one attached hydrogen (secondary N) is 1. The zero-order valence-electron chi connectivity index (χ0n) is 11.3. The van der Waals surface area contributed by atoms with Crippen molar-refractivity contribution in [1.29, 1.82) is 0 Å². The minimum atomic E-state index is 0.794. The van der Waals surface area contributed by atoms with Crippen LogP contribution in [0.4, 0.5) is 0 Å². The summed E-state index contributed by atoms with van der Waals surface area (Å²) in [6, 6.07) is 14.6. The lowest BCUT2D eigenvalue weighted by molar-refractivity contribution is 0.357. The molecule has 2 aromatic carbocycles. The van der Waals surface area contributed by atoms with Crippen molar-refractivity contribution >= 4 is 10.9 Å². The van der Waals surface area contributed by atoms with Crippen molar-refractivity contribution < 1.29 is 9.47 Å². The van der Waals surface area contributed by atoms with Crippen molar-refractivity contribution in [2.24, 2.45) is 0 Å². The van der Waals surface area contributed by atoms with Crippen molar-refractivity contribution in [1.82, 2.24) is 4.98 Å². The van der Waals surface area contributed by atoms with E-state index in [1.54, 1.807) is 7.11 Å². The van der Waals surface area contributed by atoms with E-state index in [4.69, 9.17) is 9.47 Å². The predicted octanol–water partition coefficient (Wildman–Crippen LogP) is 3.78. The van der Waals surface area contributed by atoms with Crippen LogP contribution in [0.25, 0.3) is 22.2 Å². The van der Waals surface area contributed by atoms with Crippen LogP contribution in [0.5, 0.6) is 11.5 Å². The maximum atomic E-state index is 5.64. The number of rotatable bonds is 2. The maximum absolute atomic E-state index is 5.64. The SMILES string of the molecule is COc1ccc2cc(-c3ccc4c(c3)OCC4)[nH]c2c1. The number of benzene rings is 2. The lowest BCUT2D eigenvalue weighted by Crippen LogP contribution is -1.86. The van der Waals surface area contributed by atoms with E-state index in [0.717, 1.165) is 41.3 Å². The van der Waals surface area contributed by atoms with Gasteiger partial charge < -0.3 is 14.5 Å². The van der Waals surface area contributed by atoms with Gasteiger partial charge in [-0.2, -0.15) is 0 Å². The molecule has 0 saturated carbocycles. The first-order valence-electron chi connectivity index (χ1n) is 6.76. The van der Waals surface area contributed by atoms with Gasteiger partial charge in [-0.25, -0.2) is 0 Å². The molecule has 0 aliphatic carbocycles. The number of hydrogen-bond donors (Lipinski definition) is 1. The smallest absolute Gasteiger partial charge is 0.123 e. The molecule has 3 heteroatoms. The van der Waals surface area contributed by atoms with Gasteiger partial charge >= 0.3 is 0 Å². The molecule has 1 aliphatic heterocycles. The summed E-state index contributed by atoms with van der Waals surface area (Å²) >= 11 is 0. The van der Waals surface area contributed by atoms with Gasteiger partial charge in [-0.05, 0) is 29.8 Å². The van der Waals surface area contributed by atoms with Crippen LogP contribution >= 0.6 is 0 Å². The molecule has 20 heavy (non-hydrogen) atoms. The Morgan fingerprint density at radius 3 is 2.95 bits per heavy atom. The van der Waals surface area contributed by atoms with E-state index in [9.17, 15) is 0 Å². The molecular formula is C17H15NO2. The molecule has 1 aromatic heterocycles. The molecule has 0 amide bonds. The number of H-pyrrole nitrogens is 1. The van der Waals surface area contributed by atoms with E-state index in [-0.39, 0.29) is 0 Å². The second-order valence-electron chi connectivity index (χ2n) is 5.06. The summed E-state index contributed by atoms with van der Waals surface area (Å²) in [5, 5.41) is 1.18. The van der Waals surface area contributed by atoms with Crippen molar-refractivity contribution in [2.75, 3.05) is 13.7 Å². The number of hydrogen-bond acceptors (Lipinski definition) is 2. The fraction of sp³-hybridized carbons (Fsp3) is 0.176. The average molecular weight is 265 g/mol. The van der Waals surface area contributed by atoms with Crippen LogP contribution in [-0.2, 0) is 6.42 Å². The lowest BCUT2D eigenvalue weighted by atomic mass is 10.1. The monoisotopic (exact) mass is 265 g/mol. The first-order chi connectivity index (χ1) is 9.83. The molecule has 3 nitrogen and oxygen atoms in total. The van der Waals surface area contributed by atoms with Gasteiger partial charge in [0.25, 0.3) is 0 Å². The second kappa shape index (κ2) is 4.30. The van der Waals surface area contributed by atoms with E-state index in [1.807, 2.05) is 12.1 Å². The molecule has 0 saturated heterocycles. The number of fused-ring (bicyclic) bond motifs is 2. The van der Waals surface area contributed by atoms with Crippen molar-refractivity contribution in [3.63, 3.8) is 0 Å². The second-order valence-corrected chi connectivity index (χ2v) is 5.06. The fourth-order valence-electron chi connectivity index (χ4n) is 2.72. The van der Waals surface area contributed by atoms with Crippen LogP contribution in [0.1, 0.15) is 5.56 Å². The zero-order chi connectivity index (χ0) is 13.5. The van der Waals surface area contributed by atoms with Gasteiger partial charge in [0, 0.05) is 34.6 Å². The molecule has 0 unspecified atom stereocenters. The summed E-state index contributed by atoms with van der Waals surface area (Å²) in [5.74, 6) is 1.88. The van der Waals surface area contributed by atoms with Gasteiger partial charge in [0.05, 0.1) is 13.7 Å². The largest absolute Gasteiger partial charge is 0.497 e. The molecule has 4 rings (SSSR count). The third-order valence-electron chi connectivity index (χ3n) is 3.84. The van der Waals surface area contributed by atoms with Crippen LogP contribution in [0.15, 0.2) is 42.5 Å². The minimum Gasteiger partial charge on any atom is -0.497 e. The number of aromatic amines is 1. The Morgan fingerprint density at radius 1 is 1.10 bits per heavy atom. The number of methoxy groups -OCH3 is 1. The summed E-state index contributed by atoms with van der Waals surface area (Å²) in [6.07, 6.45) is 1.01. The highest BCUT2D eigenvalue weighted by molar-refractivity contribution is 5.87. The molecule has 1 aliphatic rings. The molecule has 2 heterocycles. The van der Waals surface area contributed by atoms with Gasteiger partial charge in [0.15, 0.2) is 0 Å². The molecule has 0 atom stereocenters. The van der Waals surface area contributed by atoms with E-state index in [0.29, 0.717) is 0 Å². The van der Waals surface area contributed by atoms with Gasteiger partial charge in [-0.1, -0.05) is 12.1 Å². The molecule has 3 aromatic rings. The van der Waals surface area contributed by atoms with Gasteiger partial charge in [-0.15, -0.1) is 0 Å². The Morgan fingerprint density at radius 2 is 2.05 bits per heavy atom. The molecule has 100 valence electrons. The van der Waals surface area contributed by atoms with Crippen molar-refractivity contribution in [3.8, 4) is 22.8 Å². The first-order valence-corrected chi connectivity index (χ1v) is 6.76. The van der Waals surface area contributed by atoms with Crippen LogP contribution in [0.2, 0.25) is 0 Å². The minimum absolute atomic E-state index is 0.794. The van der Waals surface area contributed by atoms with Gasteiger partial charge in [0.2, 0.25) is 0 Å². The van der Waals surface area contributed by atoms with Gasteiger partial charge in [-0.3, -0.25) is 0 Å². The number of ether oxygens (including phenoxy) is 2. The van der Waals surface area contributed by atoms with Crippen LogP contribution < -0.4 is 9.47 Å². The van der Waals surface area contributed by atoms with Crippen molar-refractivity contribution in [2.45, 2.75) is 6.42 Å². The molecule has 0 spiro atoms. The summed E-state index contributed by atoms with van der Waals surface area (Å²) in [6.45, 7) is 0.794. The van der Waals surface area contributed by atoms with E-state index >= 15 is 0 Å². The summed E-state index contributed by atoms with van der Waals surface area (Å²) in [4.78, 5) is 3.44. The van der Waals surface area contributed by atoms with Crippen LogP contribution in [-0.4, -0.2) is 18.7 Å². The third kappa shape index (κ3) is 1.74. The molecule has 1 N–H and O–H groups in total. The van der Waals surface area contributed by atoms with E-state index in [2.05, 4.69) is 35.3 Å². The molecular weight excluding hydrogens is 250 g/mol. The third-order valence-corrected chi connectivity index (χ3v) is 3.84. The Kier molecular flexibility index (Phi) is 2.46. The highest BCUT2D eigenvalue weighted by Crippen LogP contribution is 2.32. The Hall–Kier alpha value is -2.42. The quantitative estimate of drug-likeness (QED) is 0.765. The first kappa shape index (κ1) is 11.4. The lowest BCUT2D eigenvalue weighted by Gasteiger charge is -2.02. The Balaban J connectivity index is 1.81. The van der Waals surface area contributed by atoms with Crippen LogP contribution in [0.3, 0.4) is 0 Å². The Bertz CT molecular complexity index is 789. The maximum Gasteiger partial charge on any atom is 0.123 e. The van der Waals surface area contributed by atoms with Crippen LogP contribution in [0, 0.1) is 0 Å². The molecule has 0 radical (unpaired) electrons. The summed E-state index contributed by atoms with van der Waals surface area (Å²) in [5.41, 5.74) is 4.64. The highest BCUT2D eigenvalue weighted by Gasteiger charge is 2.13. The summed E-state index contributed by atoms with van der Waals surface area (Å²) < 4.78 is 10.9. The van der Waals surface area contributed by atoms with E-state index < -0.39 is 0 Å². The Labute approximate surface area is 117 Å². The average Bonchev–Trinajstić information content (AvgIpc) is 3.11. The summed E-state index contributed by atoms with van der Waals surface area (Å²) in [7, 11) is 1.68. The zero-order valence-corrected chi connectivity index (χ0v) is 11.3. The standard InChI is InChI=1S/C17H15NO2/c1-19-14-5-4-12-8-15(18-16(12)10-14)13-3-2-11-6-7-20-17(11)9-13/h2-5,8-10,18H,6-7H2,1H3. The topological polar surface area (TPSA) is 34.2 Å². The van der Waals surface area contributed by atoms with Crippen molar-refractivity contribution in [3.05, 3.63) is 48.0 Å². The predicted molar refractivity (Wildman–Crippen MR) is 79.5 cm³/mol. The fourth-order valence-corrected chi connectivity index (χ4v) is 2.72. The van der Waals surface area contributed by atoms with Gasteiger partial charge in [0.1, 0.15) is 11.5 Å². The molecule has 0 fully saturated rings. The van der Waals surface area contributed by atoms with E-state index in [1.165, 1.54) is 10.9 Å². The normalized spacial score (nSPS) is 13.2. The number of aromatic nitrogens is 1. The molecule has 0 bridgehead atoms. The highest BCUT2D eigenvalue weighted by atomic mass is 16.5.